The highest BCUT2D eigenvalue weighted by Gasteiger charge is 2.35. The van der Waals surface area contributed by atoms with Gasteiger partial charge in [0.05, 0.1) is 0 Å². The normalized spacial score (nSPS) is 11.8. The number of hydrogen-bond acceptors (Lipinski definition) is 5. The van der Waals surface area contributed by atoms with Gasteiger partial charge in [0.25, 0.3) is 0 Å². The number of nitrogens with one attached hydrogen (secondary N) is 2. The summed E-state index contributed by atoms with van der Waals surface area (Å²) in [6.45, 7) is 7.68. The SMILES string of the molecule is Cc1cccc(Nc2nc(Nc3ccc(OC(C)(C)C)cc3)ncc2C(F)(F)F)c1. The molecule has 0 aliphatic heterocycles. The number of rotatable bonds is 5. The first-order valence-corrected chi connectivity index (χ1v) is 9.34. The van der Waals surface area contributed by atoms with Gasteiger partial charge in [-0.3, -0.25) is 0 Å². The molecule has 30 heavy (non-hydrogen) atoms. The average Bonchev–Trinajstić information content (AvgIpc) is 2.61. The van der Waals surface area contributed by atoms with Crippen LogP contribution in [0.1, 0.15) is 31.9 Å². The number of aryl methyl sites for hydroxylation is 1. The second kappa shape index (κ2) is 8.22. The van der Waals surface area contributed by atoms with E-state index in [0.29, 0.717) is 17.1 Å². The Bertz CT molecular complexity index is 1010. The van der Waals surface area contributed by atoms with Crippen molar-refractivity contribution >= 4 is 23.1 Å². The van der Waals surface area contributed by atoms with E-state index in [1.54, 1.807) is 42.5 Å². The molecule has 5 nitrogen and oxygen atoms in total. The zero-order valence-electron chi connectivity index (χ0n) is 17.1. The lowest BCUT2D eigenvalue weighted by Crippen LogP contribution is -2.22. The molecule has 0 spiro atoms. The van der Waals surface area contributed by atoms with Gasteiger partial charge in [0.2, 0.25) is 5.95 Å². The van der Waals surface area contributed by atoms with Gasteiger partial charge in [0, 0.05) is 17.6 Å². The van der Waals surface area contributed by atoms with Gasteiger partial charge in [-0.2, -0.15) is 18.2 Å². The fourth-order valence-electron chi connectivity index (χ4n) is 2.69. The highest BCUT2D eigenvalue weighted by molar-refractivity contribution is 5.63. The van der Waals surface area contributed by atoms with Gasteiger partial charge in [0.15, 0.2) is 0 Å². The number of anilines is 4. The monoisotopic (exact) mass is 416 g/mol. The molecule has 158 valence electrons. The Morgan fingerprint density at radius 1 is 0.900 bits per heavy atom. The minimum atomic E-state index is -4.59. The van der Waals surface area contributed by atoms with Crippen LogP contribution in [-0.4, -0.2) is 15.6 Å². The second-order valence-corrected chi connectivity index (χ2v) is 7.81. The summed E-state index contributed by atoms with van der Waals surface area (Å²) in [7, 11) is 0. The molecular formula is C22H23F3N4O. The standard InChI is InChI=1S/C22H23F3N4O/c1-14-6-5-7-16(12-14)27-19-18(22(23,24)25)13-26-20(29-19)28-15-8-10-17(11-9-15)30-21(2,3)4/h5-13H,1-4H3,(H2,26,27,28,29). The summed E-state index contributed by atoms with van der Waals surface area (Å²) in [5.74, 6) is 0.407. The van der Waals surface area contributed by atoms with Crippen LogP contribution in [0.2, 0.25) is 0 Å². The van der Waals surface area contributed by atoms with Crippen molar-refractivity contribution in [1.29, 1.82) is 0 Å². The average molecular weight is 416 g/mol. The maximum atomic E-state index is 13.4. The molecule has 0 bridgehead atoms. The Balaban J connectivity index is 1.85. The molecule has 3 aromatic rings. The van der Waals surface area contributed by atoms with Crippen LogP contribution in [0, 0.1) is 6.92 Å². The topological polar surface area (TPSA) is 59.1 Å². The van der Waals surface area contributed by atoms with Crippen molar-refractivity contribution in [2.75, 3.05) is 10.6 Å². The van der Waals surface area contributed by atoms with Gasteiger partial charge in [0.1, 0.15) is 22.7 Å². The van der Waals surface area contributed by atoms with Crippen molar-refractivity contribution in [2.45, 2.75) is 39.5 Å². The van der Waals surface area contributed by atoms with Crippen LogP contribution in [-0.2, 0) is 6.18 Å². The number of alkyl halides is 3. The van der Waals surface area contributed by atoms with Crippen molar-refractivity contribution in [2.24, 2.45) is 0 Å². The van der Waals surface area contributed by atoms with E-state index in [2.05, 4.69) is 20.6 Å². The highest BCUT2D eigenvalue weighted by atomic mass is 19.4. The summed E-state index contributed by atoms with van der Waals surface area (Å²) in [5.41, 5.74) is 0.773. The van der Waals surface area contributed by atoms with Gasteiger partial charge in [-0.15, -0.1) is 0 Å². The molecule has 0 atom stereocenters. The van der Waals surface area contributed by atoms with Crippen LogP contribution >= 0.6 is 0 Å². The molecule has 0 unspecified atom stereocenters. The van der Waals surface area contributed by atoms with Crippen LogP contribution in [0.3, 0.4) is 0 Å². The molecule has 1 aromatic heterocycles. The van der Waals surface area contributed by atoms with Crippen LogP contribution in [0.25, 0.3) is 0 Å². The minimum absolute atomic E-state index is 0.0441. The number of benzene rings is 2. The third-order valence-electron chi connectivity index (χ3n) is 3.91. The zero-order valence-corrected chi connectivity index (χ0v) is 17.1. The predicted octanol–water partition coefficient (Wildman–Crippen LogP) is 6.47. The lowest BCUT2D eigenvalue weighted by atomic mass is 10.2. The Labute approximate surface area is 173 Å². The van der Waals surface area contributed by atoms with E-state index in [-0.39, 0.29) is 17.4 Å². The molecule has 0 aliphatic rings. The molecule has 0 amide bonds. The Morgan fingerprint density at radius 3 is 2.20 bits per heavy atom. The molecule has 1 heterocycles. The van der Waals surface area contributed by atoms with Crippen molar-refractivity contribution in [1.82, 2.24) is 9.97 Å². The van der Waals surface area contributed by atoms with Crippen LogP contribution in [0.15, 0.2) is 54.7 Å². The number of aromatic nitrogens is 2. The summed E-state index contributed by atoms with van der Waals surface area (Å²) in [6, 6.07) is 14.1. The quantitative estimate of drug-likeness (QED) is 0.499. The van der Waals surface area contributed by atoms with Crippen molar-refractivity contribution in [3.63, 3.8) is 0 Å². The maximum Gasteiger partial charge on any atom is 0.421 e. The molecule has 2 aromatic carbocycles. The number of ether oxygens (including phenoxy) is 1. The van der Waals surface area contributed by atoms with E-state index in [1.165, 1.54) is 0 Å². The number of nitrogens with zero attached hydrogens (tertiary/aromatic N) is 2. The molecule has 0 fully saturated rings. The molecular weight excluding hydrogens is 393 g/mol. The first kappa shape index (κ1) is 21.4. The van der Waals surface area contributed by atoms with E-state index in [9.17, 15) is 13.2 Å². The lowest BCUT2D eigenvalue weighted by molar-refractivity contribution is -0.137. The van der Waals surface area contributed by atoms with Gasteiger partial charge in [-0.25, -0.2) is 4.98 Å². The summed E-state index contributed by atoms with van der Waals surface area (Å²) in [4.78, 5) is 7.89. The molecule has 3 rings (SSSR count). The van der Waals surface area contributed by atoms with E-state index in [1.807, 2.05) is 33.8 Å². The lowest BCUT2D eigenvalue weighted by Gasteiger charge is -2.21. The highest BCUT2D eigenvalue weighted by Crippen LogP contribution is 2.35. The van der Waals surface area contributed by atoms with Gasteiger partial charge < -0.3 is 15.4 Å². The number of hydrogen-bond donors (Lipinski definition) is 2. The van der Waals surface area contributed by atoms with Crippen LogP contribution in [0.4, 0.5) is 36.3 Å². The first-order chi connectivity index (χ1) is 14.0. The molecule has 8 heteroatoms. The molecule has 0 saturated heterocycles. The van der Waals surface area contributed by atoms with Crippen LogP contribution < -0.4 is 15.4 Å². The summed E-state index contributed by atoms with van der Waals surface area (Å²) in [5, 5.41) is 5.67. The fraction of sp³-hybridized carbons (Fsp3) is 0.273. The third kappa shape index (κ3) is 5.85. The first-order valence-electron chi connectivity index (χ1n) is 9.34. The summed E-state index contributed by atoms with van der Waals surface area (Å²) >= 11 is 0. The molecule has 2 N–H and O–H groups in total. The van der Waals surface area contributed by atoms with Crippen molar-refractivity contribution in [3.05, 3.63) is 65.9 Å². The van der Waals surface area contributed by atoms with E-state index in [4.69, 9.17) is 4.74 Å². The van der Waals surface area contributed by atoms with E-state index < -0.39 is 11.7 Å². The Hall–Kier alpha value is -3.29. The van der Waals surface area contributed by atoms with Crippen molar-refractivity contribution in [3.8, 4) is 5.75 Å². The largest absolute Gasteiger partial charge is 0.488 e. The fourth-order valence-corrected chi connectivity index (χ4v) is 2.69. The summed E-state index contributed by atoms with van der Waals surface area (Å²) < 4.78 is 46.0. The zero-order chi connectivity index (χ0) is 21.9. The minimum Gasteiger partial charge on any atom is -0.488 e. The Kier molecular flexibility index (Phi) is 5.87. The number of halogens is 3. The molecule has 0 radical (unpaired) electrons. The molecule has 0 aliphatic carbocycles. The van der Waals surface area contributed by atoms with E-state index >= 15 is 0 Å². The van der Waals surface area contributed by atoms with Gasteiger partial charge in [-0.1, -0.05) is 12.1 Å². The summed E-state index contributed by atoms with van der Waals surface area (Å²) in [6.07, 6.45) is -3.82. The van der Waals surface area contributed by atoms with Gasteiger partial charge in [-0.05, 0) is 69.7 Å². The van der Waals surface area contributed by atoms with Crippen molar-refractivity contribution < 1.29 is 17.9 Å². The predicted molar refractivity (Wildman–Crippen MR) is 112 cm³/mol. The Morgan fingerprint density at radius 2 is 1.60 bits per heavy atom. The van der Waals surface area contributed by atoms with Crippen LogP contribution in [0.5, 0.6) is 5.75 Å². The van der Waals surface area contributed by atoms with Gasteiger partial charge >= 0.3 is 6.18 Å². The molecule has 0 saturated carbocycles. The second-order valence-electron chi connectivity index (χ2n) is 7.81. The third-order valence-corrected chi connectivity index (χ3v) is 3.91. The smallest absolute Gasteiger partial charge is 0.421 e. The maximum absolute atomic E-state index is 13.4. The van der Waals surface area contributed by atoms with E-state index in [0.717, 1.165) is 11.8 Å².